The maximum Gasteiger partial charge on any atom is 0.310 e. The van der Waals surface area contributed by atoms with E-state index in [1.54, 1.807) is 12.3 Å². The first kappa shape index (κ1) is 16.8. The number of aromatic nitrogens is 1. The summed E-state index contributed by atoms with van der Waals surface area (Å²) in [5.41, 5.74) is 2.68. The summed E-state index contributed by atoms with van der Waals surface area (Å²) in [6.45, 7) is 3.34. The number of hydrogen-bond donors (Lipinski definition) is 0. The molecule has 0 fully saturated rings. The van der Waals surface area contributed by atoms with E-state index in [1.165, 1.54) is 11.3 Å². The molecule has 23 heavy (non-hydrogen) atoms. The highest BCUT2D eigenvalue weighted by Gasteiger charge is 2.24. The smallest absolute Gasteiger partial charge is 0.310 e. The lowest BCUT2D eigenvalue weighted by atomic mass is 10.1. The molecule has 0 aliphatic heterocycles. The van der Waals surface area contributed by atoms with Crippen molar-refractivity contribution < 1.29 is 14.3 Å². The van der Waals surface area contributed by atoms with Crippen LogP contribution >= 0.6 is 11.3 Å². The number of carbonyl (C=O) groups excluding carboxylic acids is 2. The molecule has 0 bridgehead atoms. The molecule has 0 saturated carbocycles. The van der Waals surface area contributed by atoms with Crippen molar-refractivity contribution >= 4 is 23.1 Å². The Morgan fingerprint density at radius 3 is 2.57 bits per heavy atom. The Morgan fingerprint density at radius 2 is 2.00 bits per heavy atom. The van der Waals surface area contributed by atoms with E-state index in [0.717, 1.165) is 16.8 Å². The molecule has 1 heterocycles. The van der Waals surface area contributed by atoms with Gasteiger partial charge in [-0.15, -0.1) is 11.3 Å². The van der Waals surface area contributed by atoms with Gasteiger partial charge in [-0.3, -0.25) is 9.59 Å². The zero-order valence-corrected chi connectivity index (χ0v) is 13.7. The number of rotatable bonds is 6. The quantitative estimate of drug-likeness (QED) is 0.762. The Bertz CT molecular complexity index is 744. The topological polar surface area (TPSA) is 80.0 Å². The van der Waals surface area contributed by atoms with E-state index < -0.39 is 24.3 Å². The number of hydrogen-bond acceptors (Lipinski definition) is 6. The zero-order chi connectivity index (χ0) is 16.8. The molecule has 0 radical (unpaired) electrons. The standard InChI is InChI=1S/C17H16N2O3S/c1-11-3-5-13(6-4-11)7-16(21)22-9-15(20)14(8-18)17-19-12(2)10-23-17/h3-6,10,14H,7,9H2,1-2H3/t14-/m1/s1. The van der Waals surface area contributed by atoms with Crippen LogP contribution in [0.1, 0.15) is 27.7 Å². The summed E-state index contributed by atoms with van der Waals surface area (Å²) in [4.78, 5) is 28.0. The molecule has 0 amide bonds. The number of benzene rings is 1. The van der Waals surface area contributed by atoms with Crippen LogP contribution in [0.25, 0.3) is 0 Å². The lowest BCUT2D eigenvalue weighted by Crippen LogP contribution is -2.20. The first-order valence-corrected chi connectivity index (χ1v) is 7.93. The van der Waals surface area contributed by atoms with Gasteiger partial charge < -0.3 is 4.74 Å². The Hall–Kier alpha value is -2.52. The number of ether oxygens (including phenoxy) is 1. The maximum absolute atomic E-state index is 12.1. The minimum Gasteiger partial charge on any atom is -0.457 e. The molecule has 1 atom stereocenters. The highest BCUT2D eigenvalue weighted by molar-refractivity contribution is 7.09. The number of Topliss-reactive ketones (excluding diaryl/α,β-unsaturated/α-hetero) is 1. The van der Waals surface area contributed by atoms with Gasteiger partial charge in [0.05, 0.1) is 12.5 Å². The van der Waals surface area contributed by atoms with Crippen molar-refractivity contribution in [3.05, 3.63) is 51.5 Å². The maximum atomic E-state index is 12.1. The Balaban J connectivity index is 1.89. The van der Waals surface area contributed by atoms with Crippen LogP contribution in [0.5, 0.6) is 0 Å². The van der Waals surface area contributed by atoms with Gasteiger partial charge in [0.2, 0.25) is 0 Å². The van der Waals surface area contributed by atoms with E-state index >= 15 is 0 Å². The molecule has 2 rings (SSSR count). The van der Waals surface area contributed by atoms with E-state index in [4.69, 9.17) is 10.00 Å². The number of thiazole rings is 1. The van der Waals surface area contributed by atoms with Crippen LogP contribution in [0.15, 0.2) is 29.6 Å². The van der Waals surface area contributed by atoms with Crippen molar-refractivity contribution in [2.45, 2.75) is 26.2 Å². The molecule has 0 aliphatic carbocycles. The van der Waals surface area contributed by atoms with Gasteiger partial charge in [-0.2, -0.15) is 5.26 Å². The third kappa shape index (κ3) is 4.73. The lowest BCUT2D eigenvalue weighted by Gasteiger charge is -2.07. The Kier molecular flexibility index (Phi) is 5.61. The minimum absolute atomic E-state index is 0.0984. The third-order valence-electron chi connectivity index (χ3n) is 3.18. The summed E-state index contributed by atoms with van der Waals surface area (Å²) >= 11 is 1.25. The van der Waals surface area contributed by atoms with Gasteiger partial charge in [-0.1, -0.05) is 29.8 Å². The van der Waals surface area contributed by atoms with Gasteiger partial charge in [-0.25, -0.2) is 4.98 Å². The third-order valence-corrected chi connectivity index (χ3v) is 4.21. The van der Waals surface area contributed by atoms with E-state index in [1.807, 2.05) is 37.3 Å². The van der Waals surface area contributed by atoms with Crippen LogP contribution in [0.2, 0.25) is 0 Å². The fourth-order valence-corrected chi connectivity index (χ4v) is 2.79. The number of aryl methyl sites for hydroxylation is 2. The van der Waals surface area contributed by atoms with Crippen molar-refractivity contribution in [1.29, 1.82) is 5.26 Å². The fourth-order valence-electron chi connectivity index (χ4n) is 1.93. The lowest BCUT2D eigenvalue weighted by molar-refractivity contribution is -0.147. The van der Waals surface area contributed by atoms with Crippen LogP contribution in [0.4, 0.5) is 0 Å². The first-order chi connectivity index (χ1) is 11.0. The largest absolute Gasteiger partial charge is 0.457 e. The summed E-state index contributed by atoms with van der Waals surface area (Å²) in [7, 11) is 0. The van der Waals surface area contributed by atoms with E-state index in [9.17, 15) is 9.59 Å². The average molecular weight is 328 g/mol. The number of nitrogens with zero attached hydrogens (tertiary/aromatic N) is 2. The average Bonchev–Trinajstić information content (AvgIpc) is 2.94. The molecular weight excluding hydrogens is 312 g/mol. The Morgan fingerprint density at radius 1 is 1.30 bits per heavy atom. The number of esters is 1. The number of nitriles is 1. The highest BCUT2D eigenvalue weighted by Crippen LogP contribution is 2.20. The highest BCUT2D eigenvalue weighted by atomic mass is 32.1. The van der Waals surface area contributed by atoms with Crippen LogP contribution in [-0.2, 0) is 20.7 Å². The molecule has 0 unspecified atom stereocenters. The first-order valence-electron chi connectivity index (χ1n) is 7.05. The van der Waals surface area contributed by atoms with E-state index in [0.29, 0.717) is 5.01 Å². The SMILES string of the molecule is Cc1ccc(CC(=O)OCC(=O)[C@@H](C#N)c2nc(C)cs2)cc1. The van der Waals surface area contributed by atoms with Crippen LogP contribution in [0.3, 0.4) is 0 Å². The van der Waals surface area contributed by atoms with Gasteiger partial charge in [0.1, 0.15) is 5.01 Å². The zero-order valence-electron chi connectivity index (χ0n) is 12.9. The molecule has 2 aromatic rings. The van der Waals surface area contributed by atoms with Crippen molar-refractivity contribution in [3.8, 4) is 6.07 Å². The second-order valence-corrected chi connectivity index (χ2v) is 6.07. The number of carbonyl (C=O) groups is 2. The van der Waals surface area contributed by atoms with E-state index in [-0.39, 0.29) is 6.42 Å². The molecule has 0 saturated heterocycles. The van der Waals surface area contributed by atoms with Crippen LogP contribution in [-0.4, -0.2) is 23.3 Å². The summed E-state index contributed by atoms with van der Waals surface area (Å²) in [5, 5.41) is 11.3. The molecular formula is C17H16N2O3S. The van der Waals surface area contributed by atoms with Gasteiger partial charge >= 0.3 is 5.97 Å². The second-order valence-electron chi connectivity index (χ2n) is 5.18. The van der Waals surface area contributed by atoms with Gasteiger partial charge in [0, 0.05) is 11.1 Å². The summed E-state index contributed by atoms with van der Waals surface area (Å²) in [5.74, 6) is -1.94. The molecule has 6 heteroatoms. The predicted octanol–water partition coefficient (Wildman–Crippen LogP) is 2.72. The van der Waals surface area contributed by atoms with Crippen LogP contribution in [0, 0.1) is 25.2 Å². The number of ketones is 1. The molecule has 0 spiro atoms. The Labute approximate surface area is 138 Å². The summed E-state index contributed by atoms with van der Waals surface area (Å²) in [6, 6.07) is 9.42. The normalized spacial score (nSPS) is 11.5. The van der Waals surface area contributed by atoms with Crippen molar-refractivity contribution in [2.75, 3.05) is 6.61 Å². The molecule has 0 N–H and O–H groups in total. The minimum atomic E-state index is -0.985. The van der Waals surface area contributed by atoms with Crippen molar-refractivity contribution in [1.82, 2.24) is 4.98 Å². The second kappa shape index (κ2) is 7.65. The molecule has 0 aliphatic rings. The fraction of sp³-hybridized carbons (Fsp3) is 0.294. The van der Waals surface area contributed by atoms with Crippen LogP contribution < -0.4 is 0 Å². The van der Waals surface area contributed by atoms with E-state index in [2.05, 4.69) is 4.98 Å². The molecule has 1 aromatic carbocycles. The van der Waals surface area contributed by atoms with Gasteiger partial charge in [0.25, 0.3) is 0 Å². The summed E-state index contributed by atoms with van der Waals surface area (Å²) in [6.07, 6.45) is 0.0984. The predicted molar refractivity (Wildman–Crippen MR) is 86.1 cm³/mol. The van der Waals surface area contributed by atoms with Crippen molar-refractivity contribution in [2.24, 2.45) is 0 Å². The molecule has 5 nitrogen and oxygen atoms in total. The summed E-state index contributed by atoms with van der Waals surface area (Å²) < 4.78 is 4.99. The monoisotopic (exact) mass is 328 g/mol. The van der Waals surface area contributed by atoms with Gasteiger partial charge in [0.15, 0.2) is 18.3 Å². The molecule has 118 valence electrons. The van der Waals surface area contributed by atoms with Gasteiger partial charge in [-0.05, 0) is 19.4 Å². The van der Waals surface area contributed by atoms with Crippen molar-refractivity contribution in [3.63, 3.8) is 0 Å². The molecule has 1 aromatic heterocycles.